The summed E-state index contributed by atoms with van der Waals surface area (Å²) in [6.45, 7) is 25.9. The van der Waals surface area contributed by atoms with E-state index in [0.29, 0.717) is 0 Å². The summed E-state index contributed by atoms with van der Waals surface area (Å²) in [5, 5.41) is 0. The van der Waals surface area contributed by atoms with Crippen molar-refractivity contribution in [2.75, 3.05) is 0 Å². The van der Waals surface area contributed by atoms with Gasteiger partial charge in [-0.3, -0.25) is 0 Å². The lowest BCUT2D eigenvalue weighted by Gasteiger charge is -1.98. The Morgan fingerprint density at radius 2 is 0.680 bits per heavy atom. The van der Waals surface area contributed by atoms with Gasteiger partial charge in [-0.15, -0.1) is 0 Å². The van der Waals surface area contributed by atoms with Crippen molar-refractivity contribution < 1.29 is 0 Å². The minimum atomic E-state index is 1.15. The Kier molecular flexibility index (Phi) is 16.0. The van der Waals surface area contributed by atoms with Crippen molar-refractivity contribution in [2.45, 2.75) is 122 Å². The molecule has 8 rings (SSSR count). The highest BCUT2D eigenvalue weighted by Gasteiger charge is 2.09. The average Bonchev–Trinajstić information content (AvgIpc) is 3.90. The van der Waals surface area contributed by atoms with Gasteiger partial charge in [0, 0.05) is 0 Å². The summed E-state index contributed by atoms with van der Waals surface area (Å²) >= 11 is 0. The van der Waals surface area contributed by atoms with E-state index in [9.17, 15) is 0 Å². The zero-order valence-electron chi connectivity index (χ0n) is 33.5. The van der Waals surface area contributed by atoms with Crippen molar-refractivity contribution in [3.63, 3.8) is 0 Å². The quantitative estimate of drug-likeness (QED) is 0.263. The second-order valence-electron chi connectivity index (χ2n) is 15.4. The second kappa shape index (κ2) is 19.9. The Labute approximate surface area is 306 Å². The number of rotatable bonds is 0. The molecule has 2 aromatic carbocycles. The van der Waals surface area contributed by atoms with Crippen LogP contribution in [0.4, 0.5) is 0 Å². The molecule has 0 saturated carbocycles. The molecule has 0 saturated heterocycles. The Hall–Kier alpha value is -4.16. The van der Waals surface area contributed by atoms with Gasteiger partial charge in [0.15, 0.2) is 0 Å². The third-order valence-electron chi connectivity index (χ3n) is 9.20. The van der Waals surface area contributed by atoms with Crippen LogP contribution in [-0.2, 0) is 12.8 Å². The zero-order valence-corrected chi connectivity index (χ0v) is 33.5. The topological polar surface area (TPSA) is 0 Å². The first kappa shape index (κ1) is 40.3. The van der Waals surface area contributed by atoms with Gasteiger partial charge >= 0.3 is 0 Å². The number of benzene rings is 2. The van der Waals surface area contributed by atoms with Crippen LogP contribution in [-0.4, -0.2) is 0 Å². The highest BCUT2D eigenvalue weighted by atomic mass is 14.1. The number of aryl methyl sites for hydroxylation is 2. The minimum absolute atomic E-state index is 1.15. The van der Waals surface area contributed by atoms with E-state index in [-0.39, 0.29) is 0 Å². The Balaban J connectivity index is 0.000000165. The highest BCUT2D eigenvalue weighted by Crippen LogP contribution is 2.26. The van der Waals surface area contributed by atoms with Crippen LogP contribution < -0.4 is 0 Å². The molecule has 0 unspecified atom stereocenters. The monoisotopic (exact) mass is 665 g/mol. The van der Waals surface area contributed by atoms with Crippen LogP contribution in [0.2, 0.25) is 0 Å². The first-order chi connectivity index (χ1) is 23.7. The molecule has 0 aliphatic heterocycles. The van der Waals surface area contributed by atoms with Crippen molar-refractivity contribution in [2.24, 2.45) is 0 Å². The molecule has 6 aliphatic carbocycles. The number of hydrogen-bond acceptors (Lipinski definition) is 0. The average molecular weight is 665 g/mol. The standard InChI is InChI=1S/2C11H12.4C7H10/c2*1-8-3-4-10-6-9(2)7-11(10)5-8;4*1-6-3-4-7(2)5-6/h2*3-6H,7H2,1-2H3;2*3,5H,4H2,1-2H3;2*3-4H,5H2,1-2H3. The van der Waals surface area contributed by atoms with E-state index in [4.69, 9.17) is 0 Å². The molecule has 0 aromatic heterocycles. The summed E-state index contributed by atoms with van der Waals surface area (Å²) in [6.07, 6.45) is 29.2. The molecule has 0 radical (unpaired) electrons. The van der Waals surface area contributed by atoms with Gasteiger partial charge in [0.2, 0.25) is 0 Å². The van der Waals surface area contributed by atoms with Gasteiger partial charge in [0.1, 0.15) is 0 Å². The molecule has 0 heterocycles. The predicted octanol–water partition coefficient (Wildman–Crippen LogP) is 15.0. The van der Waals surface area contributed by atoms with Crippen molar-refractivity contribution in [3.05, 3.63) is 174 Å². The van der Waals surface area contributed by atoms with Gasteiger partial charge in [-0.2, -0.15) is 0 Å². The van der Waals surface area contributed by atoms with Gasteiger partial charge in [0.25, 0.3) is 0 Å². The van der Waals surface area contributed by atoms with Gasteiger partial charge < -0.3 is 0 Å². The van der Waals surface area contributed by atoms with Crippen molar-refractivity contribution in [3.8, 4) is 0 Å². The van der Waals surface area contributed by atoms with E-state index in [1.54, 1.807) is 0 Å². The zero-order chi connectivity index (χ0) is 36.8. The van der Waals surface area contributed by atoms with Crippen LogP contribution in [0.15, 0.2) is 141 Å². The van der Waals surface area contributed by atoms with Gasteiger partial charge in [-0.05, 0) is 144 Å². The summed E-state index contributed by atoms with van der Waals surface area (Å²) in [7, 11) is 0. The Morgan fingerprint density at radius 1 is 0.340 bits per heavy atom. The molecule has 264 valence electrons. The van der Waals surface area contributed by atoms with Crippen LogP contribution in [0.1, 0.15) is 128 Å². The molecule has 0 bridgehead atoms. The summed E-state index contributed by atoms with van der Waals surface area (Å²) < 4.78 is 0. The maximum absolute atomic E-state index is 2.28. The van der Waals surface area contributed by atoms with E-state index >= 15 is 0 Å². The molecule has 0 atom stereocenters. The molecule has 2 aromatic rings. The summed E-state index contributed by atoms with van der Waals surface area (Å²) in [4.78, 5) is 0. The molecule has 0 heteroatoms. The van der Waals surface area contributed by atoms with Crippen LogP contribution in [0.25, 0.3) is 12.2 Å². The predicted molar refractivity (Wildman–Crippen MR) is 226 cm³/mol. The largest absolute Gasteiger partial charge is 0.0775 e. The lowest BCUT2D eigenvalue weighted by Crippen LogP contribution is -1.83. The van der Waals surface area contributed by atoms with E-state index in [2.05, 4.69) is 180 Å². The summed E-state index contributed by atoms with van der Waals surface area (Å²) in [6, 6.07) is 13.3. The highest BCUT2D eigenvalue weighted by molar-refractivity contribution is 5.64. The minimum Gasteiger partial charge on any atom is -0.0775 e. The smallest absolute Gasteiger partial charge is 0.00605 e. The van der Waals surface area contributed by atoms with Crippen LogP contribution in [0.3, 0.4) is 0 Å². The molecule has 6 aliphatic rings. The molecule has 0 N–H and O–H groups in total. The first-order valence-electron chi connectivity index (χ1n) is 18.5. The third kappa shape index (κ3) is 14.8. The fourth-order valence-electron chi connectivity index (χ4n) is 6.63. The van der Waals surface area contributed by atoms with E-state index in [1.807, 2.05) is 0 Å². The second-order valence-corrected chi connectivity index (χ2v) is 15.4. The molecule has 50 heavy (non-hydrogen) atoms. The molecular weight excluding hydrogens is 601 g/mol. The third-order valence-corrected chi connectivity index (χ3v) is 9.20. The lowest BCUT2D eigenvalue weighted by molar-refractivity contribution is 1.15. The van der Waals surface area contributed by atoms with Crippen LogP contribution in [0.5, 0.6) is 0 Å². The molecule has 0 spiro atoms. The fourth-order valence-corrected chi connectivity index (χ4v) is 6.63. The SMILES string of the molecule is CC1=CC=C(C)C1.CC1=CC=C(C)C1.CC1=CCC(C)=C1.CC1=CCC(C)=C1.CC1=Cc2ccc(C)cc2C1.CC1=Cc2ccc(C)cc2C1. The Bertz CT molecular complexity index is 1660. The summed E-state index contributed by atoms with van der Waals surface area (Å²) in [5.74, 6) is 0. The summed E-state index contributed by atoms with van der Waals surface area (Å²) in [5.41, 5.74) is 23.2. The van der Waals surface area contributed by atoms with Gasteiger partial charge in [-0.1, -0.05) is 164 Å². The first-order valence-corrected chi connectivity index (χ1v) is 18.5. The Morgan fingerprint density at radius 3 is 0.900 bits per heavy atom. The molecular formula is C50H64. The number of allylic oxidation sites excluding steroid dienone is 18. The molecule has 0 nitrogen and oxygen atoms in total. The molecule has 0 fully saturated rings. The number of fused-ring (bicyclic) bond motifs is 2. The van der Waals surface area contributed by atoms with Gasteiger partial charge in [0.05, 0.1) is 0 Å². The fraction of sp³-hybridized carbons (Fsp3) is 0.360. The van der Waals surface area contributed by atoms with Crippen molar-refractivity contribution in [1.82, 2.24) is 0 Å². The maximum Gasteiger partial charge on any atom is -0.00605 e. The van der Waals surface area contributed by atoms with Crippen LogP contribution in [0, 0.1) is 13.8 Å². The van der Waals surface area contributed by atoms with Crippen molar-refractivity contribution in [1.29, 1.82) is 0 Å². The van der Waals surface area contributed by atoms with Crippen LogP contribution >= 0.6 is 0 Å². The van der Waals surface area contributed by atoms with E-state index < -0.39 is 0 Å². The van der Waals surface area contributed by atoms with Crippen molar-refractivity contribution >= 4 is 12.2 Å². The van der Waals surface area contributed by atoms with E-state index in [0.717, 1.165) is 12.8 Å². The van der Waals surface area contributed by atoms with Gasteiger partial charge in [-0.25, -0.2) is 0 Å². The normalized spacial score (nSPS) is 17.1. The van der Waals surface area contributed by atoms with E-state index in [1.165, 1.54) is 115 Å². The lowest BCUT2D eigenvalue weighted by atomic mass is 10.1. The maximum atomic E-state index is 2.28. The molecule has 0 amide bonds. The number of hydrogen-bond donors (Lipinski definition) is 0.